The minimum atomic E-state index is -0.322. The molecule has 0 amide bonds. The fourth-order valence-electron chi connectivity index (χ4n) is 5.39. The molecular formula is C26H36ClN3O3. The summed E-state index contributed by atoms with van der Waals surface area (Å²) >= 11 is 6.55. The Kier molecular flexibility index (Phi) is 7.09. The number of hydrogen-bond acceptors (Lipinski definition) is 5. The number of ether oxygens (including phenoxy) is 2. The number of benzene rings is 1. The molecule has 3 fully saturated rings. The zero-order chi connectivity index (χ0) is 22.9. The fraction of sp³-hybridized carbons (Fsp3) is 0.654. The van der Waals surface area contributed by atoms with Crippen molar-refractivity contribution >= 4 is 28.3 Å². The number of nitrogens with one attached hydrogen (secondary N) is 1. The van der Waals surface area contributed by atoms with Gasteiger partial charge in [-0.05, 0) is 56.6 Å². The Morgan fingerprint density at radius 3 is 2.82 bits per heavy atom. The van der Waals surface area contributed by atoms with Crippen LogP contribution in [0.4, 0.5) is 0 Å². The number of Topliss-reactive ketones (excluding diaryl/α,β-unsaturated/α-hetero) is 1. The second-order valence-electron chi connectivity index (χ2n) is 9.90. The van der Waals surface area contributed by atoms with Gasteiger partial charge < -0.3 is 19.4 Å². The minimum Gasteiger partial charge on any atom is -0.385 e. The minimum absolute atomic E-state index is 0.0508. The van der Waals surface area contributed by atoms with Gasteiger partial charge >= 0.3 is 0 Å². The Balaban J connectivity index is 1.43. The summed E-state index contributed by atoms with van der Waals surface area (Å²) < 4.78 is 13.4. The Morgan fingerprint density at radius 1 is 1.33 bits per heavy atom. The molecule has 0 radical (unpaired) electrons. The van der Waals surface area contributed by atoms with Gasteiger partial charge in [-0.25, -0.2) is 0 Å². The Hall–Kier alpha value is -1.44. The van der Waals surface area contributed by atoms with Crippen LogP contribution in [0.25, 0.3) is 10.9 Å². The van der Waals surface area contributed by atoms with Crippen LogP contribution in [-0.2, 0) is 20.8 Å². The van der Waals surface area contributed by atoms with E-state index in [0.29, 0.717) is 25.1 Å². The van der Waals surface area contributed by atoms with E-state index in [1.807, 2.05) is 6.20 Å². The van der Waals surface area contributed by atoms with Crippen molar-refractivity contribution in [2.75, 3.05) is 33.4 Å². The predicted octanol–water partition coefficient (Wildman–Crippen LogP) is 4.19. The van der Waals surface area contributed by atoms with Gasteiger partial charge in [0.05, 0.1) is 17.7 Å². The normalized spacial score (nSPS) is 23.2. The molecule has 2 aromatic rings. The van der Waals surface area contributed by atoms with E-state index in [1.165, 1.54) is 18.4 Å². The largest absolute Gasteiger partial charge is 0.385 e. The monoisotopic (exact) mass is 473 g/mol. The molecule has 33 heavy (non-hydrogen) atoms. The molecular weight excluding hydrogens is 438 g/mol. The molecule has 2 saturated carbocycles. The van der Waals surface area contributed by atoms with Gasteiger partial charge in [-0.2, -0.15) is 0 Å². The van der Waals surface area contributed by atoms with E-state index in [1.54, 1.807) is 7.11 Å². The standard InChI is InChI=1S/C26H36ClN3O3/c1-17(19-6-9-21-22(27)16-29(23(21)14-19)11-3-12-32-2)30(20-7-8-20)25(18-4-5-18)26(31)24-15-28-10-13-33-24/h6,9,14,16-18,20,24-25,28H,3-5,7-8,10-13,15H2,1-2H3/t17-,24+,25?/m0/s1. The van der Waals surface area contributed by atoms with Crippen LogP contribution in [0.2, 0.25) is 5.02 Å². The number of hydrogen-bond donors (Lipinski definition) is 1. The molecule has 6 nitrogen and oxygen atoms in total. The van der Waals surface area contributed by atoms with Gasteiger partial charge in [-0.1, -0.05) is 23.7 Å². The van der Waals surface area contributed by atoms with Crippen molar-refractivity contribution in [3.05, 3.63) is 35.0 Å². The van der Waals surface area contributed by atoms with Crippen LogP contribution in [0, 0.1) is 5.92 Å². The van der Waals surface area contributed by atoms with Gasteiger partial charge in [0.25, 0.3) is 0 Å². The lowest BCUT2D eigenvalue weighted by Gasteiger charge is -2.38. The molecule has 2 heterocycles. The summed E-state index contributed by atoms with van der Waals surface area (Å²) in [6, 6.07) is 7.21. The average Bonchev–Trinajstić information content (AvgIpc) is 3.76. The smallest absolute Gasteiger partial charge is 0.180 e. The summed E-state index contributed by atoms with van der Waals surface area (Å²) in [6.45, 7) is 5.94. The Morgan fingerprint density at radius 2 is 2.15 bits per heavy atom. The van der Waals surface area contributed by atoms with Crippen LogP contribution in [0.1, 0.15) is 50.6 Å². The summed E-state index contributed by atoms with van der Waals surface area (Å²) in [7, 11) is 1.74. The van der Waals surface area contributed by atoms with Crippen molar-refractivity contribution in [1.82, 2.24) is 14.8 Å². The number of ketones is 1. The zero-order valence-corrected chi connectivity index (χ0v) is 20.5. The highest BCUT2D eigenvalue weighted by atomic mass is 35.5. The van der Waals surface area contributed by atoms with E-state index in [2.05, 4.69) is 39.9 Å². The number of methoxy groups -OCH3 is 1. The lowest BCUT2D eigenvalue weighted by Crippen LogP contribution is -2.53. The first-order chi connectivity index (χ1) is 16.1. The van der Waals surface area contributed by atoms with Gasteiger partial charge in [0.15, 0.2) is 5.78 Å². The van der Waals surface area contributed by atoms with Gasteiger partial charge in [0.1, 0.15) is 6.10 Å². The molecule has 1 unspecified atom stereocenters. The Labute approximate surface area is 201 Å². The highest BCUT2D eigenvalue weighted by Gasteiger charge is 2.49. The van der Waals surface area contributed by atoms with Crippen molar-refractivity contribution in [2.45, 2.75) is 69.8 Å². The molecule has 3 aliphatic rings. The second-order valence-corrected chi connectivity index (χ2v) is 10.3. The lowest BCUT2D eigenvalue weighted by molar-refractivity contribution is -0.139. The zero-order valence-electron chi connectivity index (χ0n) is 19.8. The maximum atomic E-state index is 13.7. The number of aromatic nitrogens is 1. The average molecular weight is 474 g/mol. The van der Waals surface area contributed by atoms with Gasteiger partial charge in [0, 0.05) is 62.5 Å². The summed E-state index contributed by atoms with van der Waals surface area (Å²) in [4.78, 5) is 16.2. The highest BCUT2D eigenvalue weighted by molar-refractivity contribution is 6.35. The van der Waals surface area contributed by atoms with Crippen LogP contribution in [0.3, 0.4) is 0 Å². The van der Waals surface area contributed by atoms with E-state index < -0.39 is 0 Å². The molecule has 3 atom stereocenters. The van der Waals surface area contributed by atoms with Crippen LogP contribution >= 0.6 is 11.6 Å². The maximum Gasteiger partial charge on any atom is 0.180 e. The van der Waals surface area contributed by atoms with Crippen LogP contribution < -0.4 is 5.32 Å². The summed E-state index contributed by atoms with van der Waals surface area (Å²) in [6.07, 6.45) is 7.28. The van der Waals surface area contributed by atoms with Gasteiger partial charge in [-0.3, -0.25) is 9.69 Å². The first-order valence-electron chi connectivity index (χ1n) is 12.5. The van der Waals surface area contributed by atoms with Gasteiger partial charge in [0.2, 0.25) is 0 Å². The quantitative estimate of drug-likeness (QED) is 0.496. The number of nitrogens with zero attached hydrogens (tertiary/aromatic N) is 2. The number of morpholine rings is 1. The topological polar surface area (TPSA) is 55.7 Å². The first-order valence-corrected chi connectivity index (χ1v) is 12.9. The molecule has 5 rings (SSSR count). The first kappa shape index (κ1) is 23.3. The van der Waals surface area contributed by atoms with Crippen LogP contribution in [0.15, 0.2) is 24.4 Å². The van der Waals surface area contributed by atoms with Crippen molar-refractivity contribution in [3.63, 3.8) is 0 Å². The molecule has 1 saturated heterocycles. The Bertz CT molecular complexity index is 979. The summed E-state index contributed by atoms with van der Waals surface area (Å²) in [5, 5.41) is 5.20. The van der Waals surface area contributed by atoms with E-state index in [4.69, 9.17) is 21.1 Å². The number of halogens is 1. The SMILES string of the molecule is COCCCn1cc(Cl)c2ccc([C@H](C)N(C3CC3)C(C(=O)[C@H]3CNCCO3)C3CC3)cc21. The van der Waals surface area contributed by atoms with Crippen molar-refractivity contribution in [1.29, 1.82) is 0 Å². The summed E-state index contributed by atoms with van der Waals surface area (Å²) in [5.74, 6) is 0.734. The summed E-state index contributed by atoms with van der Waals surface area (Å²) in [5.41, 5.74) is 2.41. The van der Waals surface area contributed by atoms with Crippen molar-refractivity contribution in [3.8, 4) is 0 Å². The van der Waals surface area contributed by atoms with E-state index in [0.717, 1.165) is 54.9 Å². The molecule has 0 bridgehead atoms. The molecule has 1 aromatic heterocycles. The number of fused-ring (bicyclic) bond motifs is 1. The van der Waals surface area contributed by atoms with E-state index >= 15 is 0 Å². The number of carbonyl (C=O) groups is 1. The number of rotatable bonds is 11. The lowest BCUT2D eigenvalue weighted by atomic mass is 9.95. The van der Waals surface area contributed by atoms with Crippen LogP contribution in [-0.4, -0.2) is 66.9 Å². The molecule has 7 heteroatoms. The number of carbonyl (C=O) groups excluding carboxylic acids is 1. The maximum absolute atomic E-state index is 13.7. The molecule has 1 aliphatic heterocycles. The molecule has 1 aromatic carbocycles. The predicted molar refractivity (Wildman–Crippen MR) is 131 cm³/mol. The molecule has 1 N–H and O–H groups in total. The third kappa shape index (κ3) is 5.01. The highest BCUT2D eigenvalue weighted by Crippen LogP contribution is 2.45. The third-order valence-corrected chi connectivity index (χ3v) is 7.73. The second kappa shape index (κ2) is 10.0. The number of aryl methyl sites for hydroxylation is 1. The van der Waals surface area contributed by atoms with Crippen molar-refractivity contribution in [2.24, 2.45) is 5.92 Å². The third-order valence-electron chi connectivity index (χ3n) is 7.43. The molecule has 0 spiro atoms. The molecule has 2 aliphatic carbocycles. The van der Waals surface area contributed by atoms with E-state index in [9.17, 15) is 4.79 Å². The molecule has 180 valence electrons. The van der Waals surface area contributed by atoms with Crippen LogP contribution in [0.5, 0.6) is 0 Å². The van der Waals surface area contributed by atoms with E-state index in [-0.39, 0.29) is 24.0 Å². The van der Waals surface area contributed by atoms with Crippen molar-refractivity contribution < 1.29 is 14.3 Å². The van der Waals surface area contributed by atoms with Gasteiger partial charge in [-0.15, -0.1) is 0 Å². The fourth-order valence-corrected chi connectivity index (χ4v) is 5.67.